The molecule has 1 rings (SSSR count). The van der Waals surface area contributed by atoms with Crippen molar-refractivity contribution in [3.05, 3.63) is 0 Å². The van der Waals surface area contributed by atoms with Crippen molar-refractivity contribution < 1.29 is 91.5 Å². The maximum absolute atomic E-state index is 15.0. The Bertz CT molecular complexity index is 1190. The molecule has 0 aliphatic carbocycles. The number of ether oxygens (including phenoxy) is 5. The van der Waals surface area contributed by atoms with Crippen LogP contribution >= 0.6 is 0 Å². The Hall–Kier alpha value is -2.64. The third kappa shape index (κ3) is 10.5. The predicted molar refractivity (Wildman–Crippen MR) is 160 cm³/mol. The molecular formula is C31H51F11O9. The van der Waals surface area contributed by atoms with E-state index in [1.807, 2.05) is 0 Å². The third-order valence-electron chi connectivity index (χ3n) is 7.85. The van der Waals surface area contributed by atoms with Gasteiger partial charge in [-0.25, -0.2) is 4.79 Å². The van der Waals surface area contributed by atoms with E-state index < -0.39 is 88.2 Å². The molecule has 51 heavy (non-hydrogen) atoms. The van der Waals surface area contributed by atoms with E-state index in [0.717, 1.165) is 0 Å². The number of alkyl halides is 11. The second kappa shape index (κ2) is 15.8. The number of hydrogen-bond acceptors (Lipinski definition) is 9. The zero-order valence-electron chi connectivity index (χ0n) is 29.0. The van der Waals surface area contributed by atoms with Gasteiger partial charge in [0, 0.05) is 0 Å². The van der Waals surface area contributed by atoms with Crippen molar-refractivity contribution >= 4 is 18.1 Å². The molecule has 1 aliphatic rings. The van der Waals surface area contributed by atoms with E-state index >= 15 is 0 Å². The Labute approximate surface area is 290 Å². The van der Waals surface area contributed by atoms with Crippen molar-refractivity contribution in [2.45, 2.75) is 163 Å². The topological polar surface area (TPSA) is 118 Å². The van der Waals surface area contributed by atoms with E-state index in [2.05, 4.69) is 18.9 Å². The van der Waals surface area contributed by atoms with Gasteiger partial charge in [-0.15, -0.1) is 0 Å². The van der Waals surface area contributed by atoms with Crippen LogP contribution in [0.15, 0.2) is 0 Å². The van der Waals surface area contributed by atoms with Gasteiger partial charge in [0.1, 0.15) is 5.60 Å². The second-order valence-corrected chi connectivity index (χ2v) is 14.2. The van der Waals surface area contributed by atoms with Crippen LogP contribution in [0.4, 0.5) is 53.1 Å². The standard InChI is InChI=1S/C17H25F5O6.C12H18F6O3.2CH4/c1-8-13(5,6)10(23)26-14(7)9-25-16(15(14,18)19,17(20,21)22)28-11(24)27-12(2,3)4;1-6-8(2,3)7(19)21-9(4,5)10(20,11(13,14)15)12(16,17)18;;/h8-9H2,1-7H3;20H,6H2,1-5H3;2*1H4. The molecule has 2 atom stereocenters. The number of halogens is 11. The molecule has 0 aromatic heterocycles. The largest absolute Gasteiger partial charge is 0.511 e. The van der Waals surface area contributed by atoms with E-state index in [1.165, 1.54) is 55.4 Å². The van der Waals surface area contributed by atoms with Gasteiger partial charge in [-0.3, -0.25) is 9.59 Å². The summed E-state index contributed by atoms with van der Waals surface area (Å²) in [4.78, 5) is 35.7. The first-order valence-corrected chi connectivity index (χ1v) is 14.5. The second-order valence-electron chi connectivity index (χ2n) is 14.2. The molecule has 9 nitrogen and oxygen atoms in total. The van der Waals surface area contributed by atoms with Gasteiger partial charge in [-0.05, 0) is 82.1 Å². The maximum Gasteiger partial charge on any atom is 0.511 e. The van der Waals surface area contributed by atoms with Gasteiger partial charge >= 0.3 is 48.3 Å². The minimum absolute atomic E-state index is 0. The lowest BCUT2D eigenvalue weighted by molar-refractivity contribution is -0.409. The van der Waals surface area contributed by atoms with Gasteiger partial charge in [-0.2, -0.15) is 48.3 Å². The van der Waals surface area contributed by atoms with Gasteiger partial charge in [0.05, 0.1) is 17.4 Å². The Kier molecular flexibility index (Phi) is 16.3. The Morgan fingerprint density at radius 3 is 1.37 bits per heavy atom. The molecule has 0 spiro atoms. The first-order chi connectivity index (χ1) is 21.2. The quantitative estimate of drug-likeness (QED) is 0.146. The van der Waals surface area contributed by atoms with Crippen LogP contribution in [0.25, 0.3) is 0 Å². The van der Waals surface area contributed by atoms with Crippen LogP contribution in [0, 0.1) is 10.8 Å². The molecule has 1 fully saturated rings. The van der Waals surface area contributed by atoms with Gasteiger partial charge in [0.2, 0.25) is 5.60 Å². The highest BCUT2D eigenvalue weighted by atomic mass is 19.4. The average Bonchev–Trinajstić information content (AvgIpc) is 3.06. The van der Waals surface area contributed by atoms with Crippen molar-refractivity contribution in [3.8, 4) is 0 Å². The lowest BCUT2D eigenvalue weighted by Gasteiger charge is -2.44. The molecule has 1 heterocycles. The Morgan fingerprint density at radius 1 is 0.686 bits per heavy atom. The number of esters is 2. The highest BCUT2D eigenvalue weighted by Gasteiger charge is 2.86. The number of carbonyl (C=O) groups excluding carboxylic acids is 3. The summed E-state index contributed by atoms with van der Waals surface area (Å²) < 4.78 is 169. The summed E-state index contributed by atoms with van der Waals surface area (Å²) in [6.45, 7) is 12.4. The summed E-state index contributed by atoms with van der Waals surface area (Å²) in [6.07, 6.45) is -19.7. The normalized spacial score (nSPS) is 21.6. The summed E-state index contributed by atoms with van der Waals surface area (Å²) in [6, 6.07) is 0. The van der Waals surface area contributed by atoms with Crippen LogP contribution in [0.3, 0.4) is 0 Å². The van der Waals surface area contributed by atoms with Crippen LogP contribution in [0.5, 0.6) is 0 Å². The summed E-state index contributed by atoms with van der Waals surface area (Å²) in [5.41, 5.74) is -15.3. The van der Waals surface area contributed by atoms with Crippen LogP contribution in [-0.4, -0.2) is 82.5 Å². The molecule has 0 amide bonds. The number of rotatable bonds is 8. The van der Waals surface area contributed by atoms with Crippen molar-refractivity contribution in [3.63, 3.8) is 0 Å². The number of hydrogen-bond donors (Lipinski definition) is 1. The SMILES string of the molecule is C.C.CCC(C)(C)C(=O)OC(C)(C)C(O)(C(F)(F)F)C(F)(F)F.CCC(C)(C)C(=O)OC1(C)COC(OC(=O)OC(C)(C)C)(C(F)(F)F)C1(F)F. The first-order valence-electron chi connectivity index (χ1n) is 14.5. The van der Waals surface area contributed by atoms with E-state index in [9.17, 15) is 67.8 Å². The lowest BCUT2D eigenvalue weighted by atomic mass is 9.83. The molecule has 0 radical (unpaired) electrons. The van der Waals surface area contributed by atoms with Crippen molar-refractivity contribution in [2.75, 3.05) is 6.61 Å². The molecule has 0 aromatic rings. The Morgan fingerprint density at radius 2 is 1.06 bits per heavy atom. The molecule has 0 aromatic carbocycles. The fourth-order valence-electron chi connectivity index (χ4n) is 3.58. The minimum atomic E-state index is -6.06. The third-order valence-corrected chi connectivity index (χ3v) is 7.85. The van der Waals surface area contributed by atoms with Crippen molar-refractivity contribution in [1.29, 1.82) is 0 Å². The monoisotopic (exact) mass is 776 g/mol. The van der Waals surface area contributed by atoms with E-state index in [4.69, 9.17) is 4.74 Å². The van der Waals surface area contributed by atoms with Gasteiger partial charge in [0.25, 0.3) is 5.60 Å². The summed E-state index contributed by atoms with van der Waals surface area (Å²) in [7, 11) is 0. The molecule has 1 saturated heterocycles. The van der Waals surface area contributed by atoms with Crippen molar-refractivity contribution in [2.24, 2.45) is 10.8 Å². The molecule has 2 unspecified atom stereocenters. The zero-order valence-corrected chi connectivity index (χ0v) is 29.0. The predicted octanol–water partition coefficient (Wildman–Crippen LogP) is 9.47. The van der Waals surface area contributed by atoms with Gasteiger partial charge in [0.15, 0.2) is 5.60 Å². The molecule has 1 aliphatic heterocycles. The van der Waals surface area contributed by atoms with Gasteiger partial charge in [-0.1, -0.05) is 28.7 Å². The zero-order chi connectivity index (χ0) is 39.9. The Balaban J connectivity index is -0.000000904. The molecular weight excluding hydrogens is 725 g/mol. The molecule has 0 saturated carbocycles. The van der Waals surface area contributed by atoms with Crippen LogP contribution in [0.2, 0.25) is 0 Å². The average molecular weight is 777 g/mol. The summed E-state index contributed by atoms with van der Waals surface area (Å²) in [5.74, 6) is -12.0. The summed E-state index contributed by atoms with van der Waals surface area (Å²) >= 11 is 0. The highest BCUT2D eigenvalue weighted by Crippen LogP contribution is 2.57. The fourth-order valence-corrected chi connectivity index (χ4v) is 3.58. The fraction of sp³-hybridized carbons (Fsp3) is 0.903. The maximum atomic E-state index is 15.0. The molecule has 20 heteroatoms. The van der Waals surface area contributed by atoms with Crippen molar-refractivity contribution in [1.82, 2.24) is 0 Å². The molecule has 0 bridgehead atoms. The van der Waals surface area contributed by atoms with Crippen LogP contribution < -0.4 is 0 Å². The summed E-state index contributed by atoms with van der Waals surface area (Å²) in [5, 5.41) is 9.27. The first kappa shape index (κ1) is 52.7. The van der Waals surface area contributed by atoms with E-state index in [1.54, 1.807) is 6.92 Å². The van der Waals surface area contributed by atoms with Crippen LogP contribution in [-0.2, 0) is 33.3 Å². The number of carbonyl (C=O) groups is 3. The highest BCUT2D eigenvalue weighted by molar-refractivity contribution is 5.77. The van der Waals surface area contributed by atoms with Gasteiger partial charge < -0.3 is 28.8 Å². The van der Waals surface area contributed by atoms with E-state index in [-0.39, 0.29) is 27.7 Å². The smallest absolute Gasteiger partial charge is 0.455 e. The van der Waals surface area contributed by atoms with E-state index in [0.29, 0.717) is 20.8 Å². The van der Waals surface area contributed by atoms with Crippen LogP contribution in [0.1, 0.15) is 111 Å². The molecule has 306 valence electrons. The lowest BCUT2D eigenvalue weighted by Crippen LogP contribution is -2.70. The molecule has 1 N–H and O–H groups in total. The minimum Gasteiger partial charge on any atom is -0.455 e. The number of aliphatic hydroxyl groups is 1.